The second-order valence-electron chi connectivity index (χ2n) is 5.51. The van der Waals surface area contributed by atoms with Gasteiger partial charge in [0.25, 0.3) is 0 Å². The maximum atomic E-state index is 6.00. The number of hydrogen-bond donors (Lipinski definition) is 1. The zero-order valence-electron chi connectivity index (χ0n) is 13.1. The van der Waals surface area contributed by atoms with Crippen molar-refractivity contribution in [2.24, 2.45) is 0 Å². The SMILES string of the molecule is CC(C)NCc1ccncc1Oc1cccc(N(C)C)c1. The number of pyridine rings is 1. The molecule has 1 aromatic heterocycles. The Kier molecular flexibility index (Phi) is 5.17. The minimum absolute atomic E-state index is 0.433. The Hall–Kier alpha value is -2.07. The molecule has 0 bridgehead atoms. The van der Waals surface area contributed by atoms with E-state index in [1.807, 2.05) is 38.4 Å². The van der Waals surface area contributed by atoms with Gasteiger partial charge in [-0.25, -0.2) is 0 Å². The molecule has 1 N–H and O–H groups in total. The first-order valence-electron chi connectivity index (χ1n) is 7.18. The summed E-state index contributed by atoms with van der Waals surface area (Å²) in [5.74, 6) is 1.61. The quantitative estimate of drug-likeness (QED) is 0.882. The molecule has 112 valence electrons. The summed E-state index contributed by atoms with van der Waals surface area (Å²) in [7, 11) is 4.03. The van der Waals surface area contributed by atoms with Gasteiger partial charge < -0.3 is 15.0 Å². The number of ether oxygens (including phenoxy) is 1. The Morgan fingerprint density at radius 2 is 2.05 bits per heavy atom. The van der Waals surface area contributed by atoms with Crippen LogP contribution in [0, 0.1) is 0 Å². The standard InChI is InChI=1S/C17H23N3O/c1-13(2)19-11-14-8-9-18-12-17(14)21-16-7-5-6-15(10-16)20(3)4/h5-10,12-13,19H,11H2,1-4H3. The Bertz CT molecular complexity index is 582. The van der Waals surface area contributed by atoms with Crippen molar-refractivity contribution < 1.29 is 4.74 Å². The molecule has 0 saturated heterocycles. The molecular weight excluding hydrogens is 262 g/mol. The van der Waals surface area contributed by atoms with Gasteiger partial charge >= 0.3 is 0 Å². The molecule has 0 spiro atoms. The molecule has 0 fully saturated rings. The predicted octanol–water partition coefficient (Wildman–Crippen LogP) is 3.44. The highest BCUT2D eigenvalue weighted by atomic mass is 16.5. The summed E-state index contributed by atoms with van der Waals surface area (Å²) in [6.07, 6.45) is 3.56. The third-order valence-electron chi connectivity index (χ3n) is 3.13. The van der Waals surface area contributed by atoms with Gasteiger partial charge in [0.2, 0.25) is 0 Å². The average molecular weight is 285 g/mol. The fourth-order valence-corrected chi connectivity index (χ4v) is 1.91. The number of nitrogens with zero attached hydrogens (tertiary/aromatic N) is 2. The van der Waals surface area contributed by atoms with E-state index in [1.165, 1.54) is 0 Å². The minimum atomic E-state index is 0.433. The van der Waals surface area contributed by atoms with E-state index in [-0.39, 0.29) is 0 Å². The Labute approximate surface area is 126 Å². The molecule has 2 aromatic rings. The Morgan fingerprint density at radius 3 is 2.76 bits per heavy atom. The summed E-state index contributed by atoms with van der Waals surface area (Å²) in [5, 5.41) is 3.40. The van der Waals surface area contributed by atoms with Crippen LogP contribution in [0.1, 0.15) is 19.4 Å². The molecule has 4 heteroatoms. The van der Waals surface area contributed by atoms with Gasteiger partial charge in [0.15, 0.2) is 0 Å². The largest absolute Gasteiger partial charge is 0.455 e. The third kappa shape index (κ3) is 4.46. The number of aromatic nitrogens is 1. The number of anilines is 1. The second-order valence-corrected chi connectivity index (χ2v) is 5.51. The second kappa shape index (κ2) is 7.09. The summed E-state index contributed by atoms with van der Waals surface area (Å²) in [4.78, 5) is 6.22. The summed E-state index contributed by atoms with van der Waals surface area (Å²) < 4.78 is 6.00. The van der Waals surface area contributed by atoms with Gasteiger partial charge in [-0.2, -0.15) is 0 Å². The van der Waals surface area contributed by atoms with Gasteiger partial charge in [0.1, 0.15) is 11.5 Å². The van der Waals surface area contributed by atoms with E-state index in [4.69, 9.17) is 4.74 Å². The van der Waals surface area contributed by atoms with Crippen LogP contribution in [0.2, 0.25) is 0 Å². The Balaban J connectivity index is 2.17. The molecule has 0 atom stereocenters. The summed E-state index contributed by atoms with van der Waals surface area (Å²) in [6.45, 7) is 5.02. The number of rotatable bonds is 6. The van der Waals surface area contributed by atoms with Crippen molar-refractivity contribution in [1.82, 2.24) is 10.3 Å². The van der Waals surface area contributed by atoms with Crippen molar-refractivity contribution >= 4 is 5.69 Å². The molecule has 0 aliphatic rings. The molecule has 0 amide bonds. The maximum absolute atomic E-state index is 6.00. The smallest absolute Gasteiger partial charge is 0.150 e. The van der Waals surface area contributed by atoms with Crippen LogP contribution in [0.15, 0.2) is 42.7 Å². The van der Waals surface area contributed by atoms with E-state index in [2.05, 4.69) is 35.1 Å². The van der Waals surface area contributed by atoms with Crippen molar-refractivity contribution in [3.05, 3.63) is 48.3 Å². The summed E-state index contributed by atoms with van der Waals surface area (Å²) in [5.41, 5.74) is 2.22. The fraction of sp³-hybridized carbons (Fsp3) is 0.353. The summed E-state index contributed by atoms with van der Waals surface area (Å²) >= 11 is 0. The van der Waals surface area contributed by atoms with Crippen LogP contribution >= 0.6 is 0 Å². The fourth-order valence-electron chi connectivity index (χ4n) is 1.91. The van der Waals surface area contributed by atoms with E-state index in [0.717, 1.165) is 29.3 Å². The van der Waals surface area contributed by atoms with Gasteiger partial charge in [-0.15, -0.1) is 0 Å². The van der Waals surface area contributed by atoms with Gasteiger partial charge in [0.05, 0.1) is 6.20 Å². The highest BCUT2D eigenvalue weighted by molar-refractivity contribution is 5.50. The average Bonchev–Trinajstić information content (AvgIpc) is 2.46. The number of benzene rings is 1. The van der Waals surface area contributed by atoms with E-state index >= 15 is 0 Å². The predicted molar refractivity (Wildman–Crippen MR) is 87.1 cm³/mol. The molecule has 4 nitrogen and oxygen atoms in total. The molecule has 1 heterocycles. The highest BCUT2D eigenvalue weighted by Gasteiger charge is 2.06. The van der Waals surface area contributed by atoms with E-state index in [1.54, 1.807) is 12.4 Å². The first kappa shape index (κ1) is 15.3. The molecule has 2 rings (SSSR count). The minimum Gasteiger partial charge on any atom is -0.455 e. The van der Waals surface area contributed by atoms with Crippen LogP contribution in [-0.2, 0) is 6.54 Å². The van der Waals surface area contributed by atoms with Gasteiger partial charge in [-0.05, 0) is 18.2 Å². The van der Waals surface area contributed by atoms with Gasteiger partial charge in [-0.3, -0.25) is 4.98 Å². The van der Waals surface area contributed by atoms with Gasteiger partial charge in [-0.1, -0.05) is 19.9 Å². The molecule has 0 unspecified atom stereocenters. The zero-order valence-corrected chi connectivity index (χ0v) is 13.1. The van der Waals surface area contributed by atoms with Crippen molar-refractivity contribution in [3.63, 3.8) is 0 Å². The number of hydrogen-bond acceptors (Lipinski definition) is 4. The van der Waals surface area contributed by atoms with Crippen molar-refractivity contribution in [1.29, 1.82) is 0 Å². The molecular formula is C17H23N3O. The molecule has 0 aliphatic heterocycles. The lowest BCUT2D eigenvalue weighted by atomic mass is 10.2. The van der Waals surface area contributed by atoms with E-state index < -0.39 is 0 Å². The maximum Gasteiger partial charge on any atom is 0.150 e. The monoisotopic (exact) mass is 285 g/mol. The van der Waals surface area contributed by atoms with Crippen LogP contribution in [0.25, 0.3) is 0 Å². The highest BCUT2D eigenvalue weighted by Crippen LogP contribution is 2.27. The lowest BCUT2D eigenvalue weighted by Gasteiger charge is -2.15. The van der Waals surface area contributed by atoms with Crippen molar-refractivity contribution in [2.45, 2.75) is 26.4 Å². The van der Waals surface area contributed by atoms with E-state index in [0.29, 0.717) is 6.04 Å². The Morgan fingerprint density at radius 1 is 1.24 bits per heavy atom. The van der Waals surface area contributed by atoms with E-state index in [9.17, 15) is 0 Å². The normalized spacial score (nSPS) is 10.7. The lowest BCUT2D eigenvalue weighted by molar-refractivity contribution is 0.467. The summed E-state index contributed by atoms with van der Waals surface area (Å²) in [6, 6.07) is 10.4. The van der Waals surface area contributed by atoms with Crippen LogP contribution in [-0.4, -0.2) is 25.1 Å². The molecule has 0 radical (unpaired) electrons. The van der Waals surface area contributed by atoms with Crippen molar-refractivity contribution in [2.75, 3.05) is 19.0 Å². The van der Waals surface area contributed by atoms with Crippen molar-refractivity contribution in [3.8, 4) is 11.5 Å². The van der Waals surface area contributed by atoms with Crippen LogP contribution in [0.4, 0.5) is 5.69 Å². The molecule has 21 heavy (non-hydrogen) atoms. The van der Waals surface area contributed by atoms with Crippen LogP contribution in [0.3, 0.4) is 0 Å². The third-order valence-corrected chi connectivity index (χ3v) is 3.13. The molecule has 0 aliphatic carbocycles. The lowest BCUT2D eigenvalue weighted by Crippen LogP contribution is -2.22. The van der Waals surface area contributed by atoms with Crippen LogP contribution in [0.5, 0.6) is 11.5 Å². The first-order chi connectivity index (χ1) is 10.1. The number of nitrogens with one attached hydrogen (secondary N) is 1. The topological polar surface area (TPSA) is 37.4 Å². The van der Waals surface area contributed by atoms with Crippen LogP contribution < -0.4 is 15.0 Å². The zero-order chi connectivity index (χ0) is 15.2. The first-order valence-corrected chi connectivity index (χ1v) is 7.18. The molecule has 1 aromatic carbocycles. The van der Waals surface area contributed by atoms with Gasteiger partial charge in [0, 0.05) is 50.2 Å². The molecule has 0 saturated carbocycles.